The van der Waals surface area contributed by atoms with Crippen LogP contribution < -0.4 is 21.3 Å². The van der Waals surface area contributed by atoms with E-state index in [-0.39, 0.29) is 0 Å². The SMILES string of the molecule is C1N[C@@H]2CN[C@H]1C2.C1N[C@@H]2CN[C@H]1C2. The Labute approximate surface area is 85.2 Å². The molecule has 80 valence electrons. The van der Waals surface area contributed by atoms with E-state index in [4.69, 9.17) is 0 Å². The highest BCUT2D eigenvalue weighted by atomic mass is 15.1. The molecule has 4 aliphatic rings. The molecule has 4 rings (SSSR count). The predicted molar refractivity (Wildman–Crippen MR) is 56.4 cm³/mol. The molecule has 0 aromatic carbocycles. The Morgan fingerprint density at radius 3 is 0.857 bits per heavy atom. The van der Waals surface area contributed by atoms with Crippen molar-refractivity contribution in [3.05, 3.63) is 0 Å². The second-order valence-corrected chi connectivity index (χ2v) is 4.89. The van der Waals surface area contributed by atoms with Gasteiger partial charge in [0.2, 0.25) is 0 Å². The van der Waals surface area contributed by atoms with E-state index in [1.807, 2.05) is 0 Å². The largest absolute Gasteiger partial charge is 0.311 e. The Morgan fingerprint density at radius 2 is 0.786 bits per heavy atom. The van der Waals surface area contributed by atoms with Gasteiger partial charge in [-0.2, -0.15) is 0 Å². The monoisotopic (exact) mass is 196 g/mol. The van der Waals surface area contributed by atoms with Crippen LogP contribution in [-0.4, -0.2) is 50.3 Å². The average molecular weight is 196 g/mol. The lowest BCUT2D eigenvalue weighted by Gasteiger charge is -2.10. The molecule has 0 aromatic heterocycles. The van der Waals surface area contributed by atoms with Crippen LogP contribution in [0.3, 0.4) is 0 Å². The van der Waals surface area contributed by atoms with Crippen molar-refractivity contribution in [1.29, 1.82) is 0 Å². The van der Waals surface area contributed by atoms with Gasteiger partial charge in [-0.25, -0.2) is 0 Å². The fourth-order valence-corrected chi connectivity index (χ4v) is 2.88. The summed E-state index contributed by atoms with van der Waals surface area (Å²) in [5, 5.41) is 13.6. The van der Waals surface area contributed by atoms with Crippen LogP contribution in [0.1, 0.15) is 12.8 Å². The Balaban J connectivity index is 0.0000000914. The highest BCUT2D eigenvalue weighted by molar-refractivity contribution is 4.95. The van der Waals surface area contributed by atoms with Crippen molar-refractivity contribution >= 4 is 0 Å². The Bertz CT molecular complexity index is 150. The molecule has 4 nitrogen and oxygen atoms in total. The van der Waals surface area contributed by atoms with Crippen LogP contribution in [0.4, 0.5) is 0 Å². The first-order chi connectivity index (χ1) is 6.90. The highest BCUT2D eigenvalue weighted by Crippen LogP contribution is 2.12. The Hall–Kier alpha value is -0.160. The summed E-state index contributed by atoms with van der Waals surface area (Å²) < 4.78 is 0. The van der Waals surface area contributed by atoms with Gasteiger partial charge in [-0.3, -0.25) is 0 Å². The van der Waals surface area contributed by atoms with Crippen LogP contribution in [0, 0.1) is 0 Å². The summed E-state index contributed by atoms with van der Waals surface area (Å²) in [6.45, 7) is 4.80. The normalized spacial score (nSPS) is 48.0. The summed E-state index contributed by atoms with van der Waals surface area (Å²) in [5.74, 6) is 0. The molecule has 4 fully saturated rings. The predicted octanol–water partition coefficient (Wildman–Crippen LogP) is -1.36. The molecule has 4 atom stereocenters. The quantitative estimate of drug-likeness (QED) is 0.386. The summed E-state index contributed by atoms with van der Waals surface area (Å²) in [6.07, 6.45) is 2.72. The number of hydrogen-bond donors (Lipinski definition) is 4. The zero-order valence-corrected chi connectivity index (χ0v) is 8.55. The van der Waals surface area contributed by atoms with Crippen LogP contribution in [0.15, 0.2) is 0 Å². The molecular formula is C10H20N4. The third-order valence-electron chi connectivity index (χ3n) is 3.75. The fraction of sp³-hybridized carbons (Fsp3) is 1.00. The van der Waals surface area contributed by atoms with E-state index >= 15 is 0 Å². The minimum Gasteiger partial charge on any atom is -0.311 e. The first-order valence-corrected chi connectivity index (χ1v) is 5.83. The summed E-state index contributed by atoms with van der Waals surface area (Å²) in [5.41, 5.74) is 0. The van der Waals surface area contributed by atoms with Gasteiger partial charge in [0.15, 0.2) is 0 Å². The Morgan fingerprint density at radius 1 is 0.500 bits per heavy atom. The number of fused-ring (bicyclic) bond motifs is 4. The van der Waals surface area contributed by atoms with Crippen LogP contribution in [0.2, 0.25) is 0 Å². The second kappa shape index (κ2) is 3.77. The van der Waals surface area contributed by atoms with Gasteiger partial charge in [0.25, 0.3) is 0 Å². The smallest absolute Gasteiger partial charge is 0.0208 e. The van der Waals surface area contributed by atoms with Crippen molar-refractivity contribution in [1.82, 2.24) is 21.3 Å². The van der Waals surface area contributed by atoms with Gasteiger partial charge in [0.05, 0.1) is 0 Å². The van der Waals surface area contributed by atoms with Gasteiger partial charge in [-0.1, -0.05) is 0 Å². The first-order valence-electron chi connectivity index (χ1n) is 5.83. The lowest BCUT2D eigenvalue weighted by molar-refractivity contribution is 0.528. The molecule has 4 heteroatoms. The van der Waals surface area contributed by atoms with Crippen molar-refractivity contribution < 1.29 is 0 Å². The lowest BCUT2D eigenvalue weighted by Crippen LogP contribution is -2.39. The maximum Gasteiger partial charge on any atom is 0.0208 e. The summed E-state index contributed by atoms with van der Waals surface area (Å²) >= 11 is 0. The van der Waals surface area contributed by atoms with Gasteiger partial charge in [-0.05, 0) is 12.8 Å². The third-order valence-corrected chi connectivity index (χ3v) is 3.75. The van der Waals surface area contributed by atoms with E-state index in [0.717, 1.165) is 24.2 Å². The van der Waals surface area contributed by atoms with Crippen LogP contribution >= 0.6 is 0 Å². The van der Waals surface area contributed by atoms with Crippen molar-refractivity contribution in [3.63, 3.8) is 0 Å². The van der Waals surface area contributed by atoms with Gasteiger partial charge >= 0.3 is 0 Å². The standard InChI is InChI=1S/2C5H10N2/c2*1-4-2-6-5(1)3-7-4/h2*4-7H,1-3H2/t2*4-,5-/m00/s1. The molecule has 0 aromatic rings. The van der Waals surface area contributed by atoms with Crippen LogP contribution in [0.5, 0.6) is 0 Å². The number of nitrogens with one attached hydrogen (secondary N) is 4. The van der Waals surface area contributed by atoms with Crippen molar-refractivity contribution in [3.8, 4) is 0 Å². The molecule has 4 heterocycles. The molecule has 0 radical (unpaired) electrons. The number of hydrogen-bond acceptors (Lipinski definition) is 4. The van der Waals surface area contributed by atoms with E-state index in [9.17, 15) is 0 Å². The molecule has 0 saturated carbocycles. The molecule has 4 N–H and O–H groups in total. The molecule has 0 unspecified atom stereocenters. The van der Waals surface area contributed by atoms with Crippen molar-refractivity contribution in [2.75, 3.05) is 26.2 Å². The van der Waals surface area contributed by atoms with E-state index in [1.165, 1.54) is 39.0 Å². The molecule has 14 heavy (non-hydrogen) atoms. The van der Waals surface area contributed by atoms with Crippen LogP contribution in [0.25, 0.3) is 0 Å². The van der Waals surface area contributed by atoms with E-state index in [2.05, 4.69) is 21.3 Å². The minimum absolute atomic E-state index is 0.810. The van der Waals surface area contributed by atoms with E-state index in [0.29, 0.717) is 0 Å². The van der Waals surface area contributed by atoms with Gasteiger partial charge in [0.1, 0.15) is 0 Å². The number of rotatable bonds is 0. The van der Waals surface area contributed by atoms with E-state index in [1.54, 1.807) is 0 Å². The van der Waals surface area contributed by atoms with E-state index < -0.39 is 0 Å². The zero-order valence-electron chi connectivity index (χ0n) is 8.55. The van der Waals surface area contributed by atoms with Crippen molar-refractivity contribution in [2.24, 2.45) is 0 Å². The van der Waals surface area contributed by atoms with Crippen LogP contribution in [-0.2, 0) is 0 Å². The molecule has 0 aliphatic carbocycles. The average Bonchev–Trinajstić information content (AvgIpc) is 3.01. The lowest BCUT2D eigenvalue weighted by atomic mass is 10.3. The molecule has 4 saturated heterocycles. The van der Waals surface area contributed by atoms with Gasteiger partial charge in [0, 0.05) is 50.3 Å². The zero-order chi connectivity index (χ0) is 9.38. The van der Waals surface area contributed by atoms with Gasteiger partial charge in [-0.15, -0.1) is 0 Å². The first kappa shape index (κ1) is 9.09. The maximum absolute atomic E-state index is 3.39. The molecule has 4 bridgehead atoms. The maximum atomic E-state index is 3.39. The highest BCUT2D eigenvalue weighted by Gasteiger charge is 2.30. The van der Waals surface area contributed by atoms with Crippen molar-refractivity contribution in [2.45, 2.75) is 37.0 Å². The third kappa shape index (κ3) is 1.80. The second-order valence-electron chi connectivity index (χ2n) is 4.89. The van der Waals surface area contributed by atoms with Gasteiger partial charge < -0.3 is 21.3 Å². The summed E-state index contributed by atoms with van der Waals surface area (Å²) in [6, 6.07) is 3.24. The number of piperazine rings is 2. The molecule has 0 amide bonds. The fourth-order valence-electron chi connectivity index (χ4n) is 2.88. The molecule has 4 aliphatic heterocycles. The molecule has 0 spiro atoms. The minimum atomic E-state index is 0.810. The summed E-state index contributed by atoms with van der Waals surface area (Å²) in [7, 11) is 0. The topological polar surface area (TPSA) is 48.1 Å². The summed E-state index contributed by atoms with van der Waals surface area (Å²) in [4.78, 5) is 0. The molecular weight excluding hydrogens is 176 g/mol. The Kier molecular flexibility index (Phi) is 2.45.